The summed E-state index contributed by atoms with van der Waals surface area (Å²) in [7, 11) is -3.77. The van der Waals surface area contributed by atoms with E-state index in [2.05, 4.69) is 9.71 Å². The standard InChI is InChI=1S/C15H13FN2O2S2/c1-10-6-7-11(16)8-14(10)22(19,20)17-9-15-18-12-4-2-3-5-13(12)21-15/h2-8,17H,9H2,1H3. The summed E-state index contributed by atoms with van der Waals surface area (Å²) >= 11 is 1.43. The van der Waals surface area contributed by atoms with Gasteiger partial charge in [-0.15, -0.1) is 11.3 Å². The van der Waals surface area contributed by atoms with Crippen molar-refractivity contribution in [2.75, 3.05) is 0 Å². The van der Waals surface area contributed by atoms with Crippen LogP contribution in [0.5, 0.6) is 0 Å². The number of para-hydroxylation sites is 1. The number of rotatable bonds is 4. The SMILES string of the molecule is Cc1ccc(F)cc1S(=O)(=O)NCc1nc2ccccc2s1. The molecule has 7 heteroatoms. The molecule has 0 aliphatic heterocycles. The van der Waals surface area contributed by atoms with Gasteiger partial charge in [0.15, 0.2) is 0 Å². The number of sulfonamides is 1. The van der Waals surface area contributed by atoms with Crippen LogP contribution >= 0.6 is 11.3 Å². The van der Waals surface area contributed by atoms with Crippen molar-refractivity contribution in [3.8, 4) is 0 Å². The van der Waals surface area contributed by atoms with Crippen LogP contribution in [-0.4, -0.2) is 13.4 Å². The Morgan fingerprint density at radius 2 is 2.00 bits per heavy atom. The maximum absolute atomic E-state index is 13.3. The minimum atomic E-state index is -3.77. The summed E-state index contributed by atoms with van der Waals surface area (Å²) in [5.41, 5.74) is 1.34. The number of benzene rings is 2. The van der Waals surface area contributed by atoms with Gasteiger partial charge in [0, 0.05) is 0 Å². The summed E-state index contributed by atoms with van der Waals surface area (Å²) in [4.78, 5) is 4.32. The summed E-state index contributed by atoms with van der Waals surface area (Å²) in [5, 5.41) is 0.666. The van der Waals surface area contributed by atoms with E-state index in [1.54, 1.807) is 6.92 Å². The molecule has 1 heterocycles. The van der Waals surface area contributed by atoms with Gasteiger partial charge in [-0.25, -0.2) is 22.5 Å². The lowest BCUT2D eigenvalue weighted by atomic mass is 10.2. The lowest BCUT2D eigenvalue weighted by Gasteiger charge is -2.08. The molecule has 0 fully saturated rings. The van der Waals surface area contributed by atoms with Gasteiger partial charge in [0.05, 0.1) is 21.7 Å². The Kier molecular flexibility index (Phi) is 3.94. The quantitative estimate of drug-likeness (QED) is 0.796. The molecule has 0 amide bonds. The fraction of sp³-hybridized carbons (Fsp3) is 0.133. The van der Waals surface area contributed by atoms with Gasteiger partial charge in [-0.05, 0) is 36.8 Å². The molecule has 0 aliphatic rings. The van der Waals surface area contributed by atoms with Gasteiger partial charge in [-0.2, -0.15) is 0 Å². The Balaban J connectivity index is 1.84. The molecule has 3 rings (SSSR count). The first-order valence-corrected chi connectivity index (χ1v) is 8.86. The summed E-state index contributed by atoms with van der Waals surface area (Å²) in [6.45, 7) is 1.71. The Bertz CT molecular complexity index is 903. The smallest absolute Gasteiger partial charge is 0.240 e. The molecule has 1 N–H and O–H groups in total. The van der Waals surface area contributed by atoms with Crippen LogP contribution in [0.25, 0.3) is 10.2 Å². The van der Waals surface area contributed by atoms with Crippen LogP contribution in [0.4, 0.5) is 4.39 Å². The first-order valence-electron chi connectivity index (χ1n) is 6.56. The van der Waals surface area contributed by atoms with Crippen molar-refractivity contribution in [2.45, 2.75) is 18.4 Å². The molecular formula is C15H13FN2O2S2. The van der Waals surface area contributed by atoms with Crippen molar-refractivity contribution in [1.29, 1.82) is 0 Å². The van der Waals surface area contributed by atoms with Crippen LogP contribution in [-0.2, 0) is 16.6 Å². The number of fused-ring (bicyclic) bond motifs is 1. The van der Waals surface area contributed by atoms with Gasteiger partial charge >= 0.3 is 0 Å². The molecule has 22 heavy (non-hydrogen) atoms. The summed E-state index contributed by atoms with van der Waals surface area (Å²) < 4.78 is 41.3. The highest BCUT2D eigenvalue weighted by atomic mass is 32.2. The fourth-order valence-corrected chi connectivity index (χ4v) is 4.33. The van der Waals surface area contributed by atoms with Crippen molar-refractivity contribution in [3.05, 3.63) is 58.9 Å². The van der Waals surface area contributed by atoms with E-state index in [-0.39, 0.29) is 11.4 Å². The third-order valence-electron chi connectivity index (χ3n) is 3.19. The van der Waals surface area contributed by atoms with E-state index in [1.807, 2.05) is 24.3 Å². The molecule has 0 unspecified atom stereocenters. The number of nitrogens with one attached hydrogen (secondary N) is 1. The molecule has 0 aliphatic carbocycles. The van der Waals surface area contributed by atoms with E-state index in [9.17, 15) is 12.8 Å². The van der Waals surface area contributed by atoms with Crippen LogP contribution in [0, 0.1) is 12.7 Å². The van der Waals surface area contributed by atoms with Crippen LogP contribution in [0.2, 0.25) is 0 Å². The monoisotopic (exact) mass is 336 g/mol. The van der Waals surface area contributed by atoms with Crippen molar-refractivity contribution in [3.63, 3.8) is 0 Å². The number of hydrogen-bond donors (Lipinski definition) is 1. The van der Waals surface area contributed by atoms with Gasteiger partial charge in [0.2, 0.25) is 10.0 Å². The molecule has 0 radical (unpaired) electrons. The largest absolute Gasteiger partial charge is 0.241 e. The van der Waals surface area contributed by atoms with Gasteiger partial charge in [-0.3, -0.25) is 0 Å². The lowest BCUT2D eigenvalue weighted by molar-refractivity contribution is 0.576. The molecule has 2 aromatic carbocycles. The lowest BCUT2D eigenvalue weighted by Crippen LogP contribution is -2.24. The minimum Gasteiger partial charge on any atom is -0.240 e. The van der Waals surface area contributed by atoms with Crippen molar-refractivity contribution in [2.24, 2.45) is 0 Å². The first kappa shape index (κ1) is 15.1. The van der Waals surface area contributed by atoms with E-state index in [4.69, 9.17) is 0 Å². The van der Waals surface area contributed by atoms with Crippen LogP contribution < -0.4 is 4.72 Å². The second-order valence-electron chi connectivity index (χ2n) is 4.81. The molecule has 0 saturated heterocycles. The van der Waals surface area contributed by atoms with Crippen LogP contribution in [0.1, 0.15) is 10.6 Å². The maximum atomic E-state index is 13.3. The Labute approximate surface area is 131 Å². The van der Waals surface area contributed by atoms with E-state index >= 15 is 0 Å². The molecule has 1 aromatic heterocycles. The summed E-state index contributed by atoms with van der Waals surface area (Å²) in [6.07, 6.45) is 0. The van der Waals surface area contributed by atoms with Crippen molar-refractivity contribution >= 4 is 31.6 Å². The van der Waals surface area contributed by atoms with Crippen molar-refractivity contribution in [1.82, 2.24) is 9.71 Å². The second kappa shape index (κ2) is 5.75. The Morgan fingerprint density at radius 3 is 2.77 bits per heavy atom. The third-order valence-corrected chi connectivity index (χ3v) is 5.77. The average Bonchev–Trinajstić information content (AvgIpc) is 2.90. The number of nitrogens with zero attached hydrogens (tertiary/aromatic N) is 1. The third kappa shape index (κ3) is 3.01. The molecule has 0 spiro atoms. The fourth-order valence-electron chi connectivity index (χ4n) is 2.09. The topological polar surface area (TPSA) is 59.1 Å². The van der Waals surface area contributed by atoms with Gasteiger partial charge in [0.1, 0.15) is 10.8 Å². The number of halogens is 1. The highest BCUT2D eigenvalue weighted by Gasteiger charge is 2.18. The van der Waals surface area contributed by atoms with Crippen LogP contribution in [0.3, 0.4) is 0 Å². The summed E-state index contributed by atoms with van der Waals surface area (Å²) in [6, 6.07) is 11.3. The zero-order valence-corrected chi connectivity index (χ0v) is 13.3. The first-order chi connectivity index (χ1) is 10.5. The van der Waals surface area contributed by atoms with E-state index in [0.717, 1.165) is 16.3 Å². The van der Waals surface area contributed by atoms with Crippen LogP contribution in [0.15, 0.2) is 47.4 Å². The Morgan fingerprint density at radius 1 is 1.23 bits per heavy atom. The highest BCUT2D eigenvalue weighted by molar-refractivity contribution is 7.89. The van der Waals surface area contributed by atoms with Gasteiger partial charge in [-0.1, -0.05) is 18.2 Å². The van der Waals surface area contributed by atoms with Crippen molar-refractivity contribution < 1.29 is 12.8 Å². The Hall–Kier alpha value is -1.83. The molecule has 0 saturated carbocycles. The van der Waals surface area contributed by atoms with Gasteiger partial charge in [0.25, 0.3) is 0 Å². The zero-order valence-electron chi connectivity index (χ0n) is 11.7. The molecule has 4 nitrogen and oxygen atoms in total. The molecular weight excluding hydrogens is 323 g/mol. The minimum absolute atomic E-state index is 0.0476. The number of hydrogen-bond acceptors (Lipinski definition) is 4. The van der Waals surface area contributed by atoms with E-state index < -0.39 is 15.8 Å². The maximum Gasteiger partial charge on any atom is 0.241 e. The molecule has 0 atom stereocenters. The molecule has 114 valence electrons. The summed E-state index contributed by atoms with van der Waals surface area (Å²) in [5.74, 6) is -0.578. The second-order valence-corrected chi connectivity index (χ2v) is 7.66. The van der Waals surface area contributed by atoms with Gasteiger partial charge < -0.3 is 0 Å². The molecule has 3 aromatic rings. The number of aryl methyl sites for hydroxylation is 1. The molecule has 0 bridgehead atoms. The van der Waals surface area contributed by atoms with E-state index in [1.165, 1.54) is 23.5 Å². The zero-order chi connectivity index (χ0) is 15.7. The number of thiazole rings is 1. The predicted octanol–water partition coefficient (Wildman–Crippen LogP) is 3.22. The predicted molar refractivity (Wildman–Crippen MR) is 84.8 cm³/mol. The van der Waals surface area contributed by atoms with E-state index in [0.29, 0.717) is 10.6 Å². The average molecular weight is 336 g/mol. The number of aromatic nitrogens is 1. The highest BCUT2D eigenvalue weighted by Crippen LogP contribution is 2.22. The normalized spacial score (nSPS) is 11.9.